The molecule has 0 aromatic heterocycles. The van der Waals surface area contributed by atoms with Crippen LogP contribution < -0.4 is 5.32 Å². The fourth-order valence-corrected chi connectivity index (χ4v) is 2.82. The third-order valence-corrected chi connectivity index (χ3v) is 3.69. The monoisotopic (exact) mass is 283 g/mol. The van der Waals surface area contributed by atoms with Crippen molar-refractivity contribution in [1.82, 2.24) is 5.32 Å². The summed E-state index contributed by atoms with van der Waals surface area (Å²) in [6, 6.07) is 8.53. The predicted octanol–water partition coefficient (Wildman–Crippen LogP) is 2.68. The highest BCUT2D eigenvalue weighted by molar-refractivity contribution is 7.99. The number of methoxy groups -OCH3 is 1. The van der Waals surface area contributed by atoms with Crippen LogP contribution in [-0.2, 0) is 11.3 Å². The van der Waals surface area contributed by atoms with Gasteiger partial charge in [-0.05, 0) is 38.0 Å². The van der Waals surface area contributed by atoms with Crippen molar-refractivity contribution in [3.63, 3.8) is 0 Å². The first-order valence-corrected chi connectivity index (χ1v) is 7.63. The molecule has 1 rings (SSSR count). The molecule has 0 amide bonds. The van der Waals surface area contributed by atoms with Crippen LogP contribution in [0.3, 0.4) is 0 Å². The molecular formula is C15H25NO2S. The average Bonchev–Trinajstić information content (AvgIpc) is 2.34. The van der Waals surface area contributed by atoms with E-state index in [4.69, 9.17) is 4.74 Å². The zero-order valence-corrected chi connectivity index (χ0v) is 12.9. The molecule has 0 spiro atoms. The zero-order valence-electron chi connectivity index (χ0n) is 12.1. The Labute approximate surface area is 120 Å². The molecule has 3 nitrogen and oxygen atoms in total. The van der Waals surface area contributed by atoms with Gasteiger partial charge in [-0.25, -0.2) is 0 Å². The summed E-state index contributed by atoms with van der Waals surface area (Å²) in [6.07, 6.45) is 0.800. The van der Waals surface area contributed by atoms with Crippen molar-refractivity contribution in [3.8, 4) is 0 Å². The molecule has 0 heterocycles. The van der Waals surface area contributed by atoms with Crippen LogP contribution in [0.25, 0.3) is 0 Å². The minimum atomic E-state index is -0.577. The maximum absolute atomic E-state index is 9.68. The van der Waals surface area contributed by atoms with E-state index >= 15 is 0 Å². The molecule has 0 fully saturated rings. The third-order valence-electron chi connectivity index (χ3n) is 2.69. The summed E-state index contributed by atoms with van der Waals surface area (Å²) in [6.45, 7) is 6.17. The number of nitrogens with one attached hydrogen (secondary N) is 1. The van der Waals surface area contributed by atoms with Gasteiger partial charge >= 0.3 is 0 Å². The molecule has 108 valence electrons. The van der Waals surface area contributed by atoms with Gasteiger partial charge in [0, 0.05) is 30.8 Å². The Bertz CT molecular complexity index is 363. The van der Waals surface area contributed by atoms with E-state index in [1.165, 1.54) is 10.5 Å². The molecule has 0 atom stereocenters. The van der Waals surface area contributed by atoms with Gasteiger partial charge in [0.2, 0.25) is 0 Å². The number of thioether (sulfide) groups is 1. The van der Waals surface area contributed by atoms with Crippen LogP contribution in [0.2, 0.25) is 0 Å². The molecule has 0 aliphatic carbocycles. The normalized spacial score (nSPS) is 11.8. The summed E-state index contributed by atoms with van der Waals surface area (Å²) in [7, 11) is 1.71. The van der Waals surface area contributed by atoms with Gasteiger partial charge in [-0.2, -0.15) is 0 Å². The molecule has 0 saturated carbocycles. The first-order valence-electron chi connectivity index (χ1n) is 6.65. The number of hydrogen-bond donors (Lipinski definition) is 2. The molecule has 1 aromatic rings. The second-order valence-electron chi connectivity index (χ2n) is 5.23. The largest absolute Gasteiger partial charge is 0.390 e. The molecule has 0 radical (unpaired) electrons. The highest BCUT2D eigenvalue weighted by Crippen LogP contribution is 2.22. The highest BCUT2D eigenvalue weighted by atomic mass is 32.2. The van der Waals surface area contributed by atoms with Crippen LogP contribution in [0.4, 0.5) is 0 Å². The van der Waals surface area contributed by atoms with Gasteiger partial charge in [0.25, 0.3) is 0 Å². The van der Waals surface area contributed by atoms with E-state index < -0.39 is 5.60 Å². The number of ether oxygens (including phenoxy) is 1. The Balaban J connectivity index is 2.35. The fourth-order valence-electron chi connectivity index (χ4n) is 1.57. The summed E-state index contributed by atoms with van der Waals surface area (Å²) in [5, 5.41) is 13.0. The van der Waals surface area contributed by atoms with Crippen molar-refractivity contribution in [2.75, 3.05) is 26.0 Å². The van der Waals surface area contributed by atoms with Crippen LogP contribution in [0, 0.1) is 0 Å². The predicted molar refractivity (Wildman–Crippen MR) is 81.7 cm³/mol. The van der Waals surface area contributed by atoms with Crippen LogP contribution in [0.5, 0.6) is 0 Å². The Hall–Kier alpha value is -0.550. The van der Waals surface area contributed by atoms with Crippen molar-refractivity contribution >= 4 is 11.8 Å². The van der Waals surface area contributed by atoms with Gasteiger partial charge in [-0.1, -0.05) is 12.1 Å². The van der Waals surface area contributed by atoms with Gasteiger partial charge in [0.1, 0.15) is 0 Å². The molecule has 0 saturated heterocycles. The number of benzene rings is 1. The number of aliphatic hydroxyl groups is 1. The van der Waals surface area contributed by atoms with Crippen molar-refractivity contribution in [3.05, 3.63) is 29.8 Å². The van der Waals surface area contributed by atoms with Crippen LogP contribution in [-0.4, -0.2) is 36.7 Å². The Morgan fingerprint density at radius 3 is 2.84 bits per heavy atom. The molecule has 1 aromatic carbocycles. The Morgan fingerprint density at radius 2 is 2.16 bits per heavy atom. The second-order valence-corrected chi connectivity index (χ2v) is 6.40. The number of rotatable bonds is 9. The Kier molecular flexibility index (Phi) is 7.46. The first kappa shape index (κ1) is 16.5. The summed E-state index contributed by atoms with van der Waals surface area (Å²) in [5.41, 5.74) is 0.705. The molecule has 19 heavy (non-hydrogen) atoms. The quantitative estimate of drug-likeness (QED) is 0.540. The van der Waals surface area contributed by atoms with E-state index in [9.17, 15) is 5.11 Å². The molecule has 2 N–H and O–H groups in total. The van der Waals surface area contributed by atoms with Crippen LogP contribution >= 0.6 is 11.8 Å². The minimum Gasteiger partial charge on any atom is -0.390 e. The topological polar surface area (TPSA) is 41.5 Å². The summed E-state index contributed by atoms with van der Waals surface area (Å²) in [5.74, 6) is 0.935. The molecule has 4 heteroatoms. The molecule has 0 aliphatic rings. The lowest BCUT2D eigenvalue weighted by molar-refractivity contribution is 0.0778. The average molecular weight is 283 g/mol. The zero-order chi connectivity index (χ0) is 14.1. The van der Waals surface area contributed by atoms with Gasteiger partial charge in [-0.3, -0.25) is 0 Å². The van der Waals surface area contributed by atoms with Crippen molar-refractivity contribution in [2.45, 2.75) is 37.3 Å². The van der Waals surface area contributed by atoms with Crippen LogP contribution in [0.1, 0.15) is 25.8 Å². The molecule has 0 bridgehead atoms. The maximum Gasteiger partial charge on any atom is 0.0599 e. The van der Waals surface area contributed by atoms with Crippen LogP contribution in [0.15, 0.2) is 29.2 Å². The lowest BCUT2D eigenvalue weighted by Crippen LogP contribution is -2.19. The summed E-state index contributed by atoms with van der Waals surface area (Å²) in [4.78, 5) is 1.26. The van der Waals surface area contributed by atoms with Crippen molar-refractivity contribution < 1.29 is 9.84 Å². The third kappa shape index (κ3) is 8.26. The van der Waals surface area contributed by atoms with E-state index in [1.807, 2.05) is 13.8 Å². The van der Waals surface area contributed by atoms with Crippen molar-refractivity contribution in [2.24, 2.45) is 0 Å². The van der Waals surface area contributed by atoms with Crippen molar-refractivity contribution in [1.29, 1.82) is 0 Å². The van der Waals surface area contributed by atoms with E-state index in [-0.39, 0.29) is 0 Å². The van der Waals surface area contributed by atoms with E-state index in [2.05, 4.69) is 29.6 Å². The van der Waals surface area contributed by atoms with Gasteiger partial charge < -0.3 is 15.2 Å². The van der Waals surface area contributed by atoms with E-state index in [0.29, 0.717) is 0 Å². The fraction of sp³-hybridized carbons (Fsp3) is 0.600. The van der Waals surface area contributed by atoms with E-state index in [0.717, 1.165) is 31.9 Å². The lowest BCUT2D eigenvalue weighted by Gasteiger charge is -2.16. The summed E-state index contributed by atoms with van der Waals surface area (Å²) < 4.78 is 5.00. The van der Waals surface area contributed by atoms with Gasteiger partial charge in [-0.15, -0.1) is 11.8 Å². The SMILES string of the molecule is COCCNCc1cccc(SCCC(C)(C)O)c1. The van der Waals surface area contributed by atoms with Gasteiger partial charge in [0.05, 0.1) is 12.2 Å². The summed E-state index contributed by atoms with van der Waals surface area (Å²) >= 11 is 1.79. The Morgan fingerprint density at radius 1 is 1.37 bits per heavy atom. The first-order chi connectivity index (χ1) is 9.01. The minimum absolute atomic E-state index is 0.577. The van der Waals surface area contributed by atoms with E-state index in [1.54, 1.807) is 18.9 Å². The smallest absolute Gasteiger partial charge is 0.0599 e. The number of hydrogen-bond acceptors (Lipinski definition) is 4. The maximum atomic E-state index is 9.68. The highest BCUT2D eigenvalue weighted by Gasteiger charge is 2.11. The van der Waals surface area contributed by atoms with Gasteiger partial charge in [0.15, 0.2) is 0 Å². The molecule has 0 aliphatic heterocycles. The standard InChI is InChI=1S/C15H25NO2S/c1-15(2,17)7-10-19-14-6-4-5-13(11-14)12-16-8-9-18-3/h4-6,11,16-17H,7-10,12H2,1-3H3. The molecule has 0 unspecified atom stereocenters. The second kappa shape index (κ2) is 8.59. The lowest BCUT2D eigenvalue weighted by atomic mass is 10.1. The molecular weight excluding hydrogens is 258 g/mol.